The smallest absolute Gasteiger partial charge is 0.326 e. The molecule has 2 aromatic rings. The molecule has 2 heterocycles. The van der Waals surface area contributed by atoms with Gasteiger partial charge in [0, 0.05) is 19.4 Å². The molecular weight excluding hydrogens is 352 g/mol. The van der Waals surface area contributed by atoms with Gasteiger partial charge in [-0.2, -0.15) is 4.98 Å². The van der Waals surface area contributed by atoms with Crippen molar-refractivity contribution in [3.63, 3.8) is 0 Å². The zero-order chi connectivity index (χ0) is 19.4. The summed E-state index contributed by atoms with van der Waals surface area (Å²) in [4.78, 5) is 43.6. The molecule has 27 heavy (non-hydrogen) atoms. The zero-order valence-electron chi connectivity index (χ0n) is 14.4. The number of fused-ring (bicyclic) bond motifs is 1. The number of carbonyl (C=O) groups is 2. The number of aromatic nitrogens is 2. The number of H-pyrrole nitrogens is 1. The largest absolute Gasteiger partial charge is 0.480 e. The van der Waals surface area contributed by atoms with Gasteiger partial charge in [0.1, 0.15) is 11.7 Å². The van der Waals surface area contributed by atoms with Crippen molar-refractivity contribution >= 4 is 29.3 Å². The van der Waals surface area contributed by atoms with E-state index in [0.29, 0.717) is 18.2 Å². The monoisotopic (exact) mass is 372 g/mol. The summed E-state index contributed by atoms with van der Waals surface area (Å²) in [5.74, 6) is -1.13. The number of hydrogen-bond acceptors (Lipinski definition) is 7. The Morgan fingerprint density at radius 3 is 2.78 bits per heavy atom. The van der Waals surface area contributed by atoms with Crippen LogP contribution in [0.3, 0.4) is 0 Å². The number of nitrogens with two attached hydrogens (primary N) is 1. The number of nitrogens with one attached hydrogen (secondary N) is 3. The van der Waals surface area contributed by atoms with Crippen LogP contribution in [0.25, 0.3) is 0 Å². The van der Waals surface area contributed by atoms with Gasteiger partial charge in [-0.05, 0) is 5.56 Å². The lowest BCUT2D eigenvalue weighted by Gasteiger charge is -2.18. The molecule has 3 rings (SSSR count). The van der Waals surface area contributed by atoms with Crippen molar-refractivity contribution in [1.29, 1.82) is 0 Å². The van der Waals surface area contributed by atoms with Crippen LogP contribution in [0.2, 0.25) is 0 Å². The molecule has 1 amide bonds. The molecule has 0 saturated carbocycles. The second-order valence-electron chi connectivity index (χ2n) is 6.15. The van der Waals surface area contributed by atoms with E-state index in [2.05, 4.69) is 20.6 Å². The third-order valence-electron chi connectivity index (χ3n) is 4.19. The Labute approximate surface area is 154 Å². The van der Waals surface area contributed by atoms with Gasteiger partial charge < -0.3 is 26.4 Å². The third-order valence-corrected chi connectivity index (χ3v) is 4.19. The number of carbonyl (C=O) groups excluding carboxylic acids is 1. The van der Waals surface area contributed by atoms with Crippen LogP contribution in [0, 0.1) is 0 Å². The number of aromatic amines is 1. The zero-order valence-corrected chi connectivity index (χ0v) is 14.4. The van der Waals surface area contributed by atoms with Gasteiger partial charge in [0.05, 0.1) is 6.67 Å². The lowest BCUT2D eigenvalue weighted by Crippen LogP contribution is -2.43. The Kier molecular flexibility index (Phi) is 5.25. The molecule has 1 atom stereocenters. The summed E-state index contributed by atoms with van der Waals surface area (Å²) in [5.41, 5.74) is 6.30. The number of hydrogen-bond donors (Lipinski definition) is 5. The number of aliphatic carboxylic acids is 1. The molecule has 1 aromatic heterocycles. The minimum Gasteiger partial charge on any atom is -0.480 e. The van der Waals surface area contributed by atoms with Gasteiger partial charge in [-0.1, -0.05) is 30.3 Å². The van der Waals surface area contributed by atoms with E-state index in [0.717, 1.165) is 5.56 Å². The molecule has 1 aromatic carbocycles. The van der Waals surface area contributed by atoms with E-state index in [1.165, 1.54) is 0 Å². The molecule has 0 radical (unpaired) electrons. The first-order valence-corrected chi connectivity index (χ1v) is 8.38. The number of nitrogens with zero attached hydrogens (tertiary/aromatic N) is 2. The number of carboxylic acids is 1. The second kappa shape index (κ2) is 7.77. The fourth-order valence-corrected chi connectivity index (χ4v) is 2.85. The second-order valence-corrected chi connectivity index (χ2v) is 6.15. The average Bonchev–Trinajstić information content (AvgIpc) is 3.03. The maximum Gasteiger partial charge on any atom is 0.326 e. The SMILES string of the molecule is Nc1nc2c(c(=O)[nH]1)NCN2CCC(=O)NC(Cc1ccccc1)C(=O)O. The van der Waals surface area contributed by atoms with Gasteiger partial charge in [0.25, 0.3) is 5.56 Å². The van der Waals surface area contributed by atoms with Crippen molar-refractivity contribution in [2.24, 2.45) is 0 Å². The van der Waals surface area contributed by atoms with E-state index >= 15 is 0 Å². The fraction of sp³-hybridized carbons (Fsp3) is 0.294. The molecule has 10 heteroatoms. The highest BCUT2D eigenvalue weighted by molar-refractivity contribution is 5.84. The van der Waals surface area contributed by atoms with Crippen LogP contribution in [0.15, 0.2) is 35.1 Å². The molecule has 0 fully saturated rings. The van der Waals surface area contributed by atoms with Crippen LogP contribution in [0.5, 0.6) is 0 Å². The molecule has 1 aliphatic heterocycles. The molecule has 142 valence electrons. The van der Waals surface area contributed by atoms with Gasteiger partial charge in [0.15, 0.2) is 5.82 Å². The predicted octanol–water partition coefficient (Wildman–Crippen LogP) is -0.256. The maximum atomic E-state index is 12.2. The quantitative estimate of drug-likeness (QED) is 0.446. The van der Waals surface area contributed by atoms with Gasteiger partial charge in [0.2, 0.25) is 11.9 Å². The molecule has 10 nitrogen and oxygen atoms in total. The Hall–Kier alpha value is -3.56. The highest BCUT2D eigenvalue weighted by Gasteiger charge is 2.25. The van der Waals surface area contributed by atoms with Gasteiger partial charge in [-0.25, -0.2) is 4.79 Å². The summed E-state index contributed by atoms with van der Waals surface area (Å²) in [6.45, 7) is 0.577. The maximum absolute atomic E-state index is 12.2. The minimum absolute atomic E-state index is 0.00861. The third kappa shape index (κ3) is 4.35. The molecule has 1 unspecified atom stereocenters. The van der Waals surface area contributed by atoms with Crippen molar-refractivity contribution in [1.82, 2.24) is 15.3 Å². The van der Waals surface area contributed by atoms with E-state index in [9.17, 15) is 19.5 Å². The van der Waals surface area contributed by atoms with Crippen LogP contribution in [-0.2, 0) is 16.0 Å². The van der Waals surface area contributed by atoms with Crippen LogP contribution in [-0.4, -0.2) is 46.2 Å². The summed E-state index contributed by atoms with van der Waals surface area (Å²) in [6, 6.07) is 8.07. The fourth-order valence-electron chi connectivity index (χ4n) is 2.85. The van der Waals surface area contributed by atoms with Crippen LogP contribution < -0.4 is 26.8 Å². The lowest BCUT2D eigenvalue weighted by molar-refractivity contribution is -0.141. The molecule has 0 aliphatic carbocycles. The number of amides is 1. The molecule has 6 N–H and O–H groups in total. The van der Waals surface area contributed by atoms with Crippen molar-refractivity contribution < 1.29 is 14.7 Å². The minimum atomic E-state index is -1.10. The van der Waals surface area contributed by atoms with E-state index in [-0.39, 0.29) is 30.9 Å². The summed E-state index contributed by atoms with van der Waals surface area (Å²) < 4.78 is 0. The summed E-state index contributed by atoms with van der Waals surface area (Å²) in [5, 5.41) is 14.8. The van der Waals surface area contributed by atoms with Crippen molar-refractivity contribution in [2.45, 2.75) is 18.9 Å². The van der Waals surface area contributed by atoms with E-state index in [1.54, 1.807) is 4.90 Å². The van der Waals surface area contributed by atoms with E-state index < -0.39 is 17.9 Å². The molecule has 0 spiro atoms. The lowest BCUT2D eigenvalue weighted by atomic mass is 10.1. The van der Waals surface area contributed by atoms with Crippen LogP contribution in [0.1, 0.15) is 12.0 Å². The normalized spacial score (nSPS) is 13.6. The van der Waals surface area contributed by atoms with Gasteiger partial charge >= 0.3 is 5.97 Å². The highest BCUT2D eigenvalue weighted by atomic mass is 16.4. The Balaban J connectivity index is 1.58. The summed E-state index contributed by atoms with van der Waals surface area (Å²) in [7, 11) is 0. The Morgan fingerprint density at radius 2 is 2.07 bits per heavy atom. The standard InChI is InChI=1S/C17H20N6O4/c18-17-21-14-13(15(25)22-17)19-9-23(14)7-6-12(24)20-11(16(26)27)8-10-4-2-1-3-5-10/h1-5,11,19H,6-9H2,(H,20,24)(H,26,27)(H3,18,21,22,25). The highest BCUT2D eigenvalue weighted by Crippen LogP contribution is 2.25. The van der Waals surface area contributed by atoms with Crippen molar-refractivity contribution in [2.75, 3.05) is 29.2 Å². The van der Waals surface area contributed by atoms with E-state index in [1.807, 2.05) is 30.3 Å². The number of rotatable bonds is 7. The molecule has 0 bridgehead atoms. The Bertz CT molecular complexity index is 898. The first-order valence-electron chi connectivity index (χ1n) is 8.38. The molecular formula is C17H20N6O4. The van der Waals surface area contributed by atoms with Crippen molar-refractivity contribution in [3.8, 4) is 0 Å². The molecule has 0 saturated heterocycles. The number of nitrogen functional groups attached to an aromatic ring is 1. The van der Waals surface area contributed by atoms with Crippen molar-refractivity contribution in [3.05, 3.63) is 46.2 Å². The average molecular weight is 372 g/mol. The first-order chi connectivity index (χ1) is 12.9. The summed E-state index contributed by atoms with van der Waals surface area (Å²) in [6.07, 6.45) is 0.248. The topological polar surface area (TPSA) is 153 Å². The first kappa shape index (κ1) is 18.2. The van der Waals surface area contributed by atoms with E-state index in [4.69, 9.17) is 5.73 Å². The number of carboxylic acid groups (broad SMARTS) is 1. The summed E-state index contributed by atoms with van der Waals surface area (Å²) >= 11 is 0. The van der Waals surface area contributed by atoms with Crippen LogP contribution in [0.4, 0.5) is 17.5 Å². The Morgan fingerprint density at radius 1 is 1.33 bits per heavy atom. The van der Waals surface area contributed by atoms with Gasteiger partial charge in [-0.3, -0.25) is 14.6 Å². The number of benzene rings is 1. The predicted molar refractivity (Wildman–Crippen MR) is 99.4 cm³/mol. The number of anilines is 3. The van der Waals surface area contributed by atoms with Gasteiger partial charge in [-0.15, -0.1) is 0 Å². The van der Waals surface area contributed by atoms with Crippen LogP contribution >= 0.6 is 0 Å². The molecule has 1 aliphatic rings.